The summed E-state index contributed by atoms with van der Waals surface area (Å²) >= 11 is 0. The summed E-state index contributed by atoms with van der Waals surface area (Å²) in [6.07, 6.45) is 10.3. The van der Waals surface area contributed by atoms with Gasteiger partial charge in [-0.2, -0.15) is 9.97 Å². The molecule has 2 N–H and O–H groups in total. The maximum atomic E-state index is 16.9. The first-order valence-electron chi connectivity index (χ1n) is 16.6. The standard InChI is InChI=1S/C37H39F2N5O3/c1-4-23-6-5-7-24-12-27(45)13-28(31(23)24)32-30(38)14-29-34(33(32)39)41-36(42-35(29)44-17-25-8-9-26(18-44)40-25)46-20-37(10-11-37)19-43-15-21(2)47-22(3)16-43/h1,5-7,12-14,21-22,25-26,40,45H,8-11,15-20H2,2-3H3/t21-,22+,25?,26?. The van der Waals surface area contributed by atoms with Gasteiger partial charge in [-0.1, -0.05) is 18.1 Å². The molecule has 10 heteroatoms. The summed E-state index contributed by atoms with van der Waals surface area (Å²) in [5.74, 6) is 1.35. The van der Waals surface area contributed by atoms with E-state index >= 15 is 8.78 Å². The van der Waals surface area contributed by atoms with Gasteiger partial charge in [-0.25, -0.2) is 8.78 Å². The fraction of sp³-hybridized carbons (Fsp3) is 0.459. The Bertz CT molecular complexity index is 1900. The number of nitrogens with one attached hydrogen (secondary N) is 1. The maximum absolute atomic E-state index is 16.9. The highest BCUT2D eigenvalue weighted by Gasteiger charge is 2.46. The summed E-state index contributed by atoms with van der Waals surface area (Å²) in [7, 11) is 0. The molecule has 4 atom stereocenters. The predicted molar refractivity (Wildman–Crippen MR) is 178 cm³/mol. The molecule has 0 spiro atoms. The van der Waals surface area contributed by atoms with Crippen molar-refractivity contribution in [3.8, 4) is 35.2 Å². The lowest BCUT2D eigenvalue weighted by atomic mass is 9.93. The molecule has 4 aliphatic rings. The van der Waals surface area contributed by atoms with Gasteiger partial charge in [0, 0.05) is 72.1 Å². The van der Waals surface area contributed by atoms with Gasteiger partial charge in [0.05, 0.1) is 24.4 Å². The number of hydrogen-bond donors (Lipinski definition) is 2. The lowest BCUT2D eigenvalue weighted by Crippen LogP contribution is -2.51. The topological polar surface area (TPSA) is 83.0 Å². The minimum absolute atomic E-state index is 0.0253. The van der Waals surface area contributed by atoms with Crippen LogP contribution in [0.2, 0.25) is 0 Å². The van der Waals surface area contributed by atoms with Crippen LogP contribution in [-0.4, -0.2) is 83.6 Å². The number of benzene rings is 3. The molecule has 2 unspecified atom stereocenters. The van der Waals surface area contributed by atoms with Crippen LogP contribution in [0.3, 0.4) is 0 Å². The van der Waals surface area contributed by atoms with Crippen molar-refractivity contribution in [3.63, 3.8) is 0 Å². The molecule has 47 heavy (non-hydrogen) atoms. The summed E-state index contributed by atoms with van der Waals surface area (Å²) in [5, 5.41) is 15.6. The van der Waals surface area contributed by atoms with Crippen molar-refractivity contribution in [1.29, 1.82) is 0 Å². The van der Waals surface area contributed by atoms with Gasteiger partial charge in [0.25, 0.3) is 0 Å². The van der Waals surface area contributed by atoms with Crippen LogP contribution in [0.1, 0.15) is 45.1 Å². The predicted octanol–water partition coefficient (Wildman–Crippen LogP) is 5.62. The van der Waals surface area contributed by atoms with Gasteiger partial charge in [0.15, 0.2) is 5.82 Å². The average molecular weight is 640 g/mol. The molecule has 2 bridgehead atoms. The van der Waals surface area contributed by atoms with E-state index in [0.717, 1.165) is 45.3 Å². The van der Waals surface area contributed by atoms with Crippen LogP contribution in [-0.2, 0) is 4.74 Å². The van der Waals surface area contributed by atoms with E-state index < -0.39 is 11.6 Å². The Morgan fingerprint density at radius 2 is 1.81 bits per heavy atom. The smallest absolute Gasteiger partial charge is 0.319 e. The Morgan fingerprint density at radius 1 is 1.06 bits per heavy atom. The van der Waals surface area contributed by atoms with Gasteiger partial charge in [0.1, 0.15) is 22.9 Å². The molecule has 4 fully saturated rings. The van der Waals surface area contributed by atoms with Crippen molar-refractivity contribution in [3.05, 3.63) is 53.6 Å². The molecule has 1 aliphatic carbocycles. The van der Waals surface area contributed by atoms with E-state index in [1.165, 1.54) is 18.2 Å². The second kappa shape index (κ2) is 11.6. The molecule has 4 aromatic rings. The summed E-state index contributed by atoms with van der Waals surface area (Å²) in [6, 6.07) is 10.1. The van der Waals surface area contributed by atoms with Crippen molar-refractivity contribution in [1.82, 2.24) is 20.2 Å². The van der Waals surface area contributed by atoms with Crippen molar-refractivity contribution in [2.24, 2.45) is 5.41 Å². The molecule has 1 aromatic heterocycles. The number of terminal acetylenes is 1. The first-order valence-corrected chi connectivity index (χ1v) is 16.6. The molecule has 3 saturated heterocycles. The van der Waals surface area contributed by atoms with Crippen LogP contribution in [0, 0.1) is 29.4 Å². The molecule has 1 saturated carbocycles. The normalized spacial score (nSPS) is 25.3. The second-order valence-electron chi connectivity index (χ2n) is 14.1. The maximum Gasteiger partial charge on any atom is 0.319 e. The van der Waals surface area contributed by atoms with E-state index in [-0.39, 0.29) is 63.5 Å². The van der Waals surface area contributed by atoms with Crippen LogP contribution in [0.25, 0.3) is 32.8 Å². The zero-order valence-corrected chi connectivity index (χ0v) is 26.7. The first kappa shape index (κ1) is 30.3. The Balaban J connectivity index is 1.21. The molecule has 3 aromatic carbocycles. The van der Waals surface area contributed by atoms with E-state index in [2.05, 4.69) is 39.9 Å². The molecule has 0 amide bonds. The van der Waals surface area contributed by atoms with Crippen molar-refractivity contribution in [2.45, 2.75) is 63.8 Å². The monoisotopic (exact) mass is 639 g/mol. The summed E-state index contributed by atoms with van der Waals surface area (Å²) in [4.78, 5) is 14.0. The number of nitrogens with zero attached hydrogens (tertiary/aromatic N) is 4. The van der Waals surface area contributed by atoms with Gasteiger partial charge < -0.3 is 24.8 Å². The van der Waals surface area contributed by atoms with Crippen LogP contribution in [0.5, 0.6) is 11.8 Å². The molecule has 8 nitrogen and oxygen atoms in total. The number of fused-ring (bicyclic) bond motifs is 4. The number of phenols is 1. The molecular formula is C37H39F2N5O3. The molecule has 3 aliphatic heterocycles. The Morgan fingerprint density at radius 3 is 2.51 bits per heavy atom. The zero-order valence-electron chi connectivity index (χ0n) is 26.7. The summed E-state index contributed by atoms with van der Waals surface area (Å²) in [5.41, 5.74) is 0.286. The Kier molecular flexibility index (Phi) is 7.47. The lowest BCUT2D eigenvalue weighted by Gasteiger charge is -2.37. The molecule has 4 heterocycles. The largest absolute Gasteiger partial charge is 0.508 e. The number of rotatable bonds is 7. The number of piperazine rings is 1. The van der Waals surface area contributed by atoms with E-state index in [1.54, 1.807) is 18.2 Å². The van der Waals surface area contributed by atoms with E-state index in [1.807, 2.05) is 0 Å². The lowest BCUT2D eigenvalue weighted by molar-refractivity contribution is -0.0741. The third-order valence-corrected chi connectivity index (χ3v) is 10.3. The second-order valence-corrected chi connectivity index (χ2v) is 14.1. The highest BCUT2D eigenvalue weighted by molar-refractivity contribution is 6.04. The Hall–Kier alpha value is -4.04. The third-order valence-electron chi connectivity index (χ3n) is 10.3. The minimum atomic E-state index is -0.845. The van der Waals surface area contributed by atoms with Crippen molar-refractivity contribution in [2.75, 3.05) is 44.2 Å². The molecule has 8 rings (SSSR count). The molecule has 0 radical (unpaired) electrons. The number of phenolic OH excluding ortho intramolecular Hbond substituents is 1. The number of aromatic hydroxyl groups is 1. The minimum Gasteiger partial charge on any atom is -0.508 e. The van der Waals surface area contributed by atoms with E-state index in [9.17, 15) is 5.11 Å². The summed E-state index contributed by atoms with van der Waals surface area (Å²) < 4.78 is 45.4. The van der Waals surface area contributed by atoms with Crippen LogP contribution >= 0.6 is 0 Å². The first-order chi connectivity index (χ1) is 22.7. The number of anilines is 1. The van der Waals surface area contributed by atoms with Crippen LogP contribution in [0.15, 0.2) is 36.4 Å². The van der Waals surface area contributed by atoms with Gasteiger partial charge in [0.2, 0.25) is 0 Å². The van der Waals surface area contributed by atoms with E-state index in [4.69, 9.17) is 20.9 Å². The molecular weight excluding hydrogens is 600 g/mol. The summed E-state index contributed by atoms with van der Waals surface area (Å²) in [6.45, 7) is 8.59. The fourth-order valence-corrected chi connectivity index (χ4v) is 8.04. The Labute approximate surface area is 273 Å². The van der Waals surface area contributed by atoms with Gasteiger partial charge in [-0.15, -0.1) is 6.42 Å². The van der Waals surface area contributed by atoms with Crippen molar-refractivity contribution >= 4 is 27.5 Å². The number of halogens is 2. The van der Waals surface area contributed by atoms with Crippen molar-refractivity contribution < 1.29 is 23.4 Å². The number of ether oxygens (including phenoxy) is 2. The highest BCUT2D eigenvalue weighted by atomic mass is 19.1. The zero-order chi connectivity index (χ0) is 32.4. The van der Waals surface area contributed by atoms with Gasteiger partial charge in [-0.05, 0) is 69.2 Å². The van der Waals surface area contributed by atoms with Crippen LogP contribution < -0.4 is 15.0 Å². The highest BCUT2D eigenvalue weighted by Crippen LogP contribution is 2.47. The quantitative estimate of drug-likeness (QED) is 0.252. The fourth-order valence-electron chi connectivity index (χ4n) is 8.04. The van der Waals surface area contributed by atoms with Gasteiger partial charge in [-0.3, -0.25) is 4.90 Å². The third kappa shape index (κ3) is 5.64. The average Bonchev–Trinajstić information content (AvgIpc) is 3.72. The number of aromatic nitrogens is 2. The SMILES string of the molecule is C#Cc1cccc2cc(O)cc(-c3c(F)cc4c(N5CC6CCC(C5)N6)nc(OCC5(CN6C[C@@H](C)O[C@@H](C)C6)CC5)nc4c3F)c12. The molecule has 244 valence electrons. The number of morpholine rings is 1. The van der Waals surface area contributed by atoms with Gasteiger partial charge >= 0.3 is 6.01 Å². The van der Waals surface area contributed by atoms with E-state index in [0.29, 0.717) is 41.9 Å². The van der Waals surface area contributed by atoms with Crippen LogP contribution in [0.4, 0.5) is 14.6 Å². The number of hydrogen-bond acceptors (Lipinski definition) is 8.